The minimum Gasteiger partial charge on any atom is -0.397 e. The molecule has 0 saturated heterocycles. The second kappa shape index (κ2) is 5.07. The van der Waals surface area contributed by atoms with Gasteiger partial charge in [-0.2, -0.15) is 13.2 Å². The van der Waals surface area contributed by atoms with Gasteiger partial charge < -0.3 is 15.7 Å². The van der Waals surface area contributed by atoms with Crippen LogP contribution >= 0.6 is 0 Å². The summed E-state index contributed by atoms with van der Waals surface area (Å²) < 4.78 is 36.8. The Hall–Kier alpha value is -1.43. The minimum absolute atomic E-state index is 0.103. The fourth-order valence-electron chi connectivity index (χ4n) is 1.40. The van der Waals surface area contributed by atoms with Crippen molar-refractivity contribution in [3.05, 3.63) is 24.3 Å². The third kappa shape index (κ3) is 3.62. The van der Waals surface area contributed by atoms with E-state index in [0.29, 0.717) is 0 Å². The molecule has 0 spiro atoms. The number of anilines is 2. The Morgan fingerprint density at radius 1 is 1.25 bits per heavy atom. The normalized spacial score (nSPS) is 11.5. The van der Waals surface area contributed by atoms with Crippen LogP contribution in [-0.4, -0.2) is 31.0 Å². The zero-order valence-electron chi connectivity index (χ0n) is 8.54. The summed E-state index contributed by atoms with van der Waals surface area (Å²) in [5.41, 5.74) is 6.13. The van der Waals surface area contributed by atoms with Crippen molar-refractivity contribution in [1.29, 1.82) is 0 Å². The predicted molar refractivity (Wildman–Crippen MR) is 56.2 cm³/mol. The van der Waals surface area contributed by atoms with Crippen LogP contribution in [0.5, 0.6) is 0 Å². The first-order valence-electron chi connectivity index (χ1n) is 4.71. The van der Waals surface area contributed by atoms with Gasteiger partial charge in [-0.1, -0.05) is 12.1 Å². The second-order valence-corrected chi connectivity index (χ2v) is 3.32. The van der Waals surface area contributed by atoms with Crippen LogP contribution in [0.2, 0.25) is 0 Å². The Kier molecular flexibility index (Phi) is 4.00. The lowest BCUT2D eigenvalue weighted by Gasteiger charge is -2.26. The lowest BCUT2D eigenvalue weighted by molar-refractivity contribution is -0.119. The van der Waals surface area contributed by atoms with Gasteiger partial charge in [0.25, 0.3) is 0 Å². The predicted octanol–water partition coefficient (Wildman–Crippen LogP) is 1.63. The van der Waals surface area contributed by atoms with Crippen LogP contribution in [0.25, 0.3) is 0 Å². The molecule has 6 heteroatoms. The number of nitrogens with two attached hydrogens (primary N) is 1. The van der Waals surface area contributed by atoms with Crippen molar-refractivity contribution in [3.8, 4) is 0 Å². The van der Waals surface area contributed by atoms with Gasteiger partial charge >= 0.3 is 6.18 Å². The summed E-state index contributed by atoms with van der Waals surface area (Å²) in [6.45, 7) is -1.58. The highest BCUT2D eigenvalue weighted by atomic mass is 19.4. The minimum atomic E-state index is -4.32. The number of para-hydroxylation sites is 2. The van der Waals surface area contributed by atoms with E-state index in [2.05, 4.69) is 0 Å². The third-order valence-electron chi connectivity index (χ3n) is 2.02. The van der Waals surface area contributed by atoms with Gasteiger partial charge in [0, 0.05) is 6.54 Å². The average Bonchev–Trinajstić information content (AvgIpc) is 2.16. The molecule has 0 atom stereocenters. The number of hydrogen-bond acceptors (Lipinski definition) is 3. The molecule has 0 fully saturated rings. The SMILES string of the molecule is Nc1ccccc1N(CCO)CC(F)(F)F. The van der Waals surface area contributed by atoms with Crippen LogP contribution in [0.15, 0.2) is 24.3 Å². The van der Waals surface area contributed by atoms with E-state index in [1.807, 2.05) is 0 Å². The molecule has 3 nitrogen and oxygen atoms in total. The fraction of sp³-hybridized carbons (Fsp3) is 0.400. The quantitative estimate of drug-likeness (QED) is 0.778. The highest BCUT2D eigenvalue weighted by molar-refractivity contribution is 5.67. The fourth-order valence-corrected chi connectivity index (χ4v) is 1.40. The maximum atomic E-state index is 12.3. The van der Waals surface area contributed by atoms with E-state index in [1.54, 1.807) is 12.1 Å². The number of rotatable bonds is 4. The molecule has 0 bridgehead atoms. The Labute approximate surface area is 91.3 Å². The van der Waals surface area contributed by atoms with Gasteiger partial charge in [0.05, 0.1) is 18.0 Å². The molecule has 0 heterocycles. The zero-order chi connectivity index (χ0) is 12.2. The van der Waals surface area contributed by atoms with Crippen molar-refractivity contribution in [2.45, 2.75) is 6.18 Å². The van der Waals surface area contributed by atoms with E-state index < -0.39 is 12.7 Å². The van der Waals surface area contributed by atoms with Crippen molar-refractivity contribution in [1.82, 2.24) is 0 Å². The Bertz CT molecular complexity index is 341. The molecular formula is C10H13F3N2O. The molecule has 0 amide bonds. The number of aliphatic hydroxyl groups is 1. The standard InChI is InChI=1S/C10H13F3N2O/c11-10(12,13)7-15(5-6-16)9-4-2-1-3-8(9)14/h1-4,16H,5-7,14H2. The van der Waals surface area contributed by atoms with Crippen LogP contribution in [0.1, 0.15) is 0 Å². The summed E-state index contributed by atoms with van der Waals surface area (Å²) in [4.78, 5) is 1.01. The molecule has 1 rings (SSSR count). The molecular weight excluding hydrogens is 221 g/mol. The van der Waals surface area contributed by atoms with E-state index in [0.717, 1.165) is 4.90 Å². The number of aliphatic hydroxyl groups excluding tert-OH is 1. The largest absolute Gasteiger partial charge is 0.405 e. The summed E-state index contributed by atoms with van der Waals surface area (Å²) in [6.07, 6.45) is -4.32. The molecule has 3 N–H and O–H groups in total. The first-order chi connectivity index (χ1) is 7.44. The van der Waals surface area contributed by atoms with E-state index in [-0.39, 0.29) is 24.5 Å². The molecule has 0 unspecified atom stereocenters. The number of benzene rings is 1. The van der Waals surface area contributed by atoms with Gasteiger partial charge in [0.2, 0.25) is 0 Å². The molecule has 1 aromatic rings. The molecule has 0 aromatic heterocycles. The molecule has 90 valence electrons. The number of nitrogens with zero attached hydrogens (tertiary/aromatic N) is 1. The van der Waals surface area contributed by atoms with E-state index in [9.17, 15) is 13.2 Å². The Morgan fingerprint density at radius 2 is 1.88 bits per heavy atom. The van der Waals surface area contributed by atoms with Gasteiger partial charge in [-0.15, -0.1) is 0 Å². The molecule has 16 heavy (non-hydrogen) atoms. The van der Waals surface area contributed by atoms with Crippen LogP contribution in [-0.2, 0) is 0 Å². The number of nitrogen functional groups attached to an aromatic ring is 1. The Morgan fingerprint density at radius 3 is 2.38 bits per heavy atom. The molecule has 0 saturated carbocycles. The first kappa shape index (κ1) is 12.6. The third-order valence-corrected chi connectivity index (χ3v) is 2.02. The first-order valence-corrected chi connectivity index (χ1v) is 4.71. The zero-order valence-corrected chi connectivity index (χ0v) is 8.54. The molecule has 0 radical (unpaired) electrons. The van der Waals surface area contributed by atoms with Crippen LogP contribution in [0.4, 0.5) is 24.5 Å². The lowest BCUT2D eigenvalue weighted by Crippen LogP contribution is -2.36. The highest BCUT2D eigenvalue weighted by Gasteiger charge is 2.31. The van der Waals surface area contributed by atoms with Crippen LogP contribution in [0.3, 0.4) is 0 Å². The topological polar surface area (TPSA) is 49.5 Å². The smallest absolute Gasteiger partial charge is 0.397 e. The lowest BCUT2D eigenvalue weighted by atomic mass is 10.2. The van der Waals surface area contributed by atoms with Gasteiger partial charge in [-0.05, 0) is 12.1 Å². The van der Waals surface area contributed by atoms with Crippen molar-refractivity contribution in [2.24, 2.45) is 0 Å². The summed E-state index contributed by atoms with van der Waals surface area (Å²) in [7, 11) is 0. The maximum absolute atomic E-state index is 12.3. The summed E-state index contributed by atoms with van der Waals surface area (Å²) in [5, 5.41) is 8.74. The monoisotopic (exact) mass is 234 g/mol. The van der Waals surface area contributed by atoms with Crippen molar-refractivity contribution in [3.63, 3.8) is 0 Å². The summed E-state index contributed by atoms with van der Waals surface area (Å²) in [5.74, 6) is 0. The van der Waals surface area contributed by atoms with Gasteiger partial charge in [0.15, 0.2) is 0 Å². The number of halogens is 3. The highest BCUT2D eigenvalue weighted by Crippen LogP contribution is 2.26. The Balaban J connectivity index is 2.89. The molecule has 0 aliphatic carbocycles. The van der Waals surface area contributed by atoms with Crippen LogP contribution in [0, 0.1) is 0 Å². The van der Waals surface area contributed by atoms with E-state index in [1.165, 1.54) is 12.1 Å². The van der Waals surface area contributed by atoms with Gasteiger partial charge in [0.1, 0.15) is 6.54 Å². The van der Waals surface area contributed by atoms with Gasteiger partial charge in [-0.25, -0.2) is 0 Å². The second-order valence-electron chi connectivity index (χ2n) is 3.32. The van der Waals surface area contributed by atoms with Crippen LogP contribution < -0.4 is 10.6 Å². The van der Waals surface area contributed by atoms with Crippen molar-refractivity contribution >= 4 is 11.4 Å². The number of alkyl halides is 3. The van der Waals surface area contributed by atoms with Gasteiger partial charge in [-0.3, -0.25) is 0 Å². The van der Waals surface area contributed by atoms with Crippen molar-refractivity contribution < 1.29 is 18.3 Å². The molecule has 1 aromatic carbocycles. The average molecular weight is 234 g/mol. The van der Waals surface area contributed by atoms with Crippen molar-refractivity contribution in [2.75, 3.05) is 30.3 Å². The van der Waals surface area contributed by atoms with E-state index in [4.69, 9.17) is 10.8 Å². The van der Waals surface area contributed by atoms with E-state index >= 15 is 0 Å². The summed E-state index contributed by atoms with van der Waals surface area (Å²) >= 11 is 0. The maximum Gasteiger partial charge on any atom is 0.405 e. The molecule has 0 aliphatic rings. The molecule has 0 aliphatic heterocycles. The number of hydrogen-bond donors (Lipinski definition) is 2. The summed E-state index contributed by atoms with van der Waals surface area (Å²) in [6, 6.07) is 6.27.